The highest BCUT2D eigenvalue weighted by atomic mass is 16.6. The van der Waals surface area contributed by atoms with Gasteiger partial charge >= 0.3 is 6.09 Å². The van der Waals surface area contributed by atoms with Crippen molar-refractivity contribution in [2.24, 2.45) is 5.92 Å². The Bertz CT molecular complexity index is 552. The molecule has 22 heavy (non-hydrogen) atoms. The number of fused-ring (bicyclic) bond motifs is 2. The minimum Gasteiger partial charge on any atom is -0.444 e. The van der Waals surface area contributed by atoms with E-state index in [1.54, 1.807) is 12.4 Å². The van der Waals surface area contributed by atoms with Crippen LogP contribution in [0.25, 0.3) is 0 Å². The van der Waals surface area contributed by atoms with Crippen molar-refractivity contribution in [2.75, 3.05) is 11.9 Å². The molecule has 3 rings (SSSR count). The van der Waals surface area contributed by atoms with Crippen LogP contribution in [0.4, 0.5) is 10.6 Å². The number of amides is 1. The Labute approximate surface area is 131 Å². The van der Waals surface area contributed by atoms with Crippen LogP contribution in [0.3, 0.4) is 0 Å². The van der Waals surface area contributed by atoms with Gasteiger partial charge in [-0.2, -0.15) is 0 Å². The van der Waals surface area contributed by atoms with E-state index in [-0.39, 0.29) is 18.2 Å². The quantitative estimate of drug-likeness (QED) is 0.909. The van der Waals surface area contributed by atoms with Crippen molar-refractivity contribution >= 4 is 11.9 Å². The number of anilines is 1. The number of hydrogen-bond donors (Lipinski definition) is 1. The molecule has 1 amide bonds. The second kappa shape index (κ2) is 5.41. The summed E-state index contributed by atoms with van der Waals surface area (Å²) in [5.41, 5.74) is 0.443. The Kier molecular flexibility index (Phi) is 3.70. The van der Waals surface area contributed by atoms with Gasteiger partial charge in [-0.3, -0.25) is 4.98 Å². The average molecular weight is 304 g/mol. The van der Waals surface area contributed by atoms with Gasteiger partial charge in [0.05, 0.1) is 24.1 Å². The van der Waals surface area contributed by atoms with Gasteiger partial charge in [0.2, 0.25) is 0 Å². The molecule has 1 saturated carbocycles. The molecule has 3 atom stereocenters. The number of carbonyl (C=O) groups excluding carboxylic acids is 1. The van der Waals surface area contributed by atoms with E-state index in [1.165, 1.54) is 0 Å². The molecule has 120 valence electrons. The summed E-state index contributed by atoms with van der Waals surface area (Å²) in [5.74, 6) is 1.32. The maximum absolute atomic E-state index is 12.3. The van der Waals surface area contributed by atoms with Gasteiger partial charge in [0, 0.05) is 12.6 Å². The lowest BCUT2D eigenvalue weighted by atomic mass is 10.1. The van der Waals surface area contributed by atoms with Crippen LogP contribution in [0.1, 0.15) is 39.3 Å². The zero-order valence-corrected chi connectivity index (χ0v) is 13.7. The number of aryl methyl sites for hydroxylation is 1. The Hall–Kier alpha value is -1.85. The van der Waals surface area contributed by atoms with Gasteiger partial charge < -0.3 is 15.0 Å². The number of nitrogens with zero attached hydrogens (tertiary/aromatic N) is 3. The fourth-order valence-corrected chi connectivity index (χ4v) is 3.37. The second-order valence-corrected chi connectivity index (χ2v) is 7.33. The maximum Gasteiger partial charge on any atom is 0.410 e. The van der Waals surface area contributed by atoms with Crippen molar-refractivity contribution in [1.82, 2.24) is 14.9 Å². The van der Waals surface area contributed by atoms with Crippen LogP contribution in [0.2, 0.25) is 0 Å². The Morgan fingerprint density at radius 3 is 2.68 bits per heavy atom. The van der Waals surface area contributed by atoms with E-state index >= 15 is 0 Å². The van der Waals surface area contributed by atoms with Crippen LogP contribution >= 0.6 is 0 Å². The van der Waals surface area contributed by atoms with Gasteiger partial charge in [-0.1, -0.05) is 0 Å². The molecule has 1 N–H and O–H groups in total. The van der Waals surface area contributed by atoms with Crippen molar-refractivity contribution in [2.45, 2.75) is 58.2 Å². The highest BCUT2D eigenvalue weighted by Crippen LogP contribution is 2.39. The van der Waals surface area contributed by atoms with Gasteiger partial charge in [0.25, 0.3) is 0 Å². The summed E-state index contributed by atoms with van der Waals surface area (Å²) in [7, 11) is 0. The van der Waals surface area contributed by atoms with Crippen LogP contribution in [0, 0.1) is 12.8 Å². The Morgan fingerprint density at radius 2 is 2.09 bits per heavy atom. The normalized spacial score (nSPS) is 27.1. The molecule has 2 fully saturated rings. The van der Waals surface area contributed by atoms with Crippen LogP contribution < -0.4 is 5.32 Å². The molecule has 2 heterocycles. The zero-order valence-electron chi connectivity index (χ0n) is 13.7. The summed E-state index contributed by atoms with van der Waals surface area (Å²) in [6.07, 6.45) is 5.40. The smallest absolute Gasteiger partial charge is 0.410 e. The summed E-state index contributed by atoms with van der Waals surface area (Å²) in [6.45, 7) is 8.42. The highest BCUT2D eigenvalue weighted by molar-refractivity contribution is 5.69. The third kappa shape index (κ3) is 3.15. The first-order valence-corrected chi connectivity index (χ1v) is 7.86. The fourth-order valence-electron chi connectivity index (χ4n) is 3.37. The van der Waals surface area contributed by atoms with E-state index in [9.17, 15) is 4.79 Å². The molecule has 0 spiro atoms. The Morgan fingerprint density at radius 1 is 1.32 bits per heavy atom. The molecular formula is C16H24N4O2. The summed E-state index contributed by atoms with van der Waals surface area (Å²) in [6, 6.07) is 0.409. The third-order valence-electron chi connectivity index (χ3n) is 4.22. The van der Waals surface area contributed by atoms with Crippen molar-refractivity contribution in [1.29, 1.82) is 0 Å². The van der Waals surface area contributed by atoms with Gasteiger partial charge in [-0.25, -0.2) is 9.78 Å². The molecular weight excluding hydrogens is 280 g/mol. The lowest BCUT2D eigenvalue weighted by Crippen LogP contribution is -2.49. The SMILES string of the molecule is Cc1cnc(NC2CC3CC2N(C(=O)OC(C)(C)C)C3)cn1. The summed E-state index contributed by atoms with van der Waals surface area (Å²) in [5, 5.41) is 3.42. The molecule has 1 aliphatic heterocycles. The molecule has 1 saturated heterocycles. The molecule has 6 nitrogen and oxygen atoms in total. The maximum atomic E-state index is 12.3. The van der Waals surface area contributed by atoms with Crippen LogP contribution in [-0.4, -0.2) is 45.2 Å². The van der Waals surface area contributed by atoms with E-state index in [0.717, 1.165) is 30.9 Å². The molecule has 1 aromatic heterocycles. The number of hydrogen-bond acceptors (Lipinski definition) is 5. The van der Waals surface area contributed by atoms with Crippen LogP contribution in [0.5, 0.6) is 0 Å². The largest absolute Gasteiger partial charge is 0.444 e. The molecule has 1 aromatic rings. The van der Waals surface area contributed by atoms with Crippen molar-refractivity contribution in [3.63, 3.8) is 0 Å². The predicted molar refractivity (Wildman–Crippen MR) is 83.6 cm³/mol. The van der Waals surface area contributed by atoms with Gasteiger partial charge in [0.1, 0.15) is 11.4 Å². The summed E-state index contributed by atoms with van der Waals surface area (Å²) < 4.78 is 5.52. The molecule has 2 bridgehead atoms. The lowest BCUT2D eigenvalue weighted by molar-refractivity contribution is 0.0179. The number of rotatable bonds is 2. The number of piperidine rings is 1. The molecule has 1 aliphatic carbocycles. The minimum absolute atomic E-state index is 0.183. The van der Waals surface area contributed by atoms with E-state index in [2.05, 4.69) is 15.3 Å². The minimum atomic E-state index is -0.454. The molecule has 2 aliphatic rings. The first-order valence-electron chi connectivity index (χ1n) is 7.86. The number of likely N-dealkylation sites (tertiary alicyclic amines) is 1. The number of nitrogens with one attached hydrogen (secondary N) is 1. The molecule has 0 aromatic carbocycles. The predicted octanol–water partition coefficient (Wildman–Crippen LogP) is 2.59. The van der Waals surface area contributed by atoms with Crippen LogP contribution in [0.15, 0.2) is 12.4 Å². The first kappa shape index (κ1) is 15.1. The first-order chi connectivity index (χ1) is 10.3. The molecule has 3 unspecified atom stereocenters. The topological polar surface area (TPSA) is 67.4 Å². The number of carbonyl (C=O) groups is 1. The van der Waals surface area contributed by atoms with E-state index in [0.29, 0.717) is 5.92 Å². The van der Waals surface area contributed by atoms with Crippen LogP contribution in [-0.2, 0) is 4.74 Å². The highest BCUT2D eigenvalue weighted by Gasteiger charge is 2.48. The van der Waals surface area contributed by atoms with E-state index in [1.807, 2.05) is 32.6 Å². The second-order valence-electron chi connectivity index (χ2n) is 7.33. The van der Waals surface area contributed by atoms with Crippen molar-refractivity contribution in [3.8, 4) is 0 Å². The van der Waals surface area contributed by atoms with Gasteiger partial charge in [-0.05, 0) is 46.5 Å². The molecule has 6 heteroatoms. The van der Waals surface area contributed by atoms with Gasteiger partial charge in [-0.15, -0.1) is 0 Å². The zero-order chi connectivity index (χ0) is 15.9. The number of ether oxygens (including phenoxy) is 1. The third-order valence-corrected chi connectivity index (χ3v) is 4.22. The summed E-state index contributed by atoms with van der Waals surface area (Å²) in [4.78, 5) is 22.8. The van der Waals surface area contributed by atoms with Gasteiger partial charge in [0.15, 0.2) is 0 Å². The average Bonchev–Trinajstić information content (AvgIpc) is 2.99. The molecule has 0 radical (unpaired) electrons. The van der Waals surface area contributed by atoms with Crippen molar-refractivity contribution < 1.29 is 9.53 Å². The monoisotopic (exact) mass is 304 g/mol. The summed E-state index contributed by atoms with van der Waals surface area (Å²) >= 11 is 0. The Balaban J connectivity index is 1.66. The van der Waals surface area contributed by atoms with E-state index in [4.69, 9.17) is 4.74 Å². The van der Waals surface area contributed by atoms with E-state index < -0.39 is 5.60 Å². The van der Waals surface area contributed by atoms with Crippen molar-refractivity contribution in [3.05, 3.63) is 18.1 Å². The lowest BCUT2D eigenvalue weighted by Gasteiger charge is -2.35. The standard InChI is InChI=1S/C16H24N4O2/c1-10-7-18-14(8-17-10)19-12-5-11-6-13(12)20(9-11)15(21)22-16(2,3)4/h7-8,11-13H,5-6,9H2,1-4H3,(H,18,19). The number of aromatic nitrogens is 2. The fraction of sp³-hybridized carbons (Fsp3) is 0.688.